The summed E-state index contributed by atoms with van der Waals surface area (Å²) in [5.74, 6) is -23.1. The van der Waals surface area contributed by atoms with Gasteiger partial charge in [-0.25, -0.2) is 4.79 Å². The van der Waals surface area contributed by atoms with Crippen LogP contribution in [0.5, 0.6) is 5.75 Å². The maximum absolute atomic E-state index is 14.9. The number of carboxylic acids is 2. The first-order valence-electron chi connectivity index (χ1n) is 39.9. The van der Waals surface area contributed by atoms with E-state index >= 15 is 0 Å². The number of hydrogen-bond acceptors (Lipinski definition) is 26. The lowest BCUT2D eigenvalue weighted by atomic mass is 9.97. The minimum absolute atomic E-state index is 0.0222. The molecule has 686 valence electrons. The zero-order chi connectivity index (χ0) is 92.7. The number of nitrogens with one attached hydrogen (secondary N) is 17. The topological polar surface area (TPSA) is 750 Å². The average molecular weight is 1790 g/mol. The van der Waals surface area contributed by atoms with Crippen molar-refractivity contribution in [3.8, 4) is 5.75 Å². The molecule has 2 saturated heterocycles. The SMILES string of the molecule is CC[C@H](C)[C@H](NC(=O)[C@H](CS)NC(=O)[C@H](CCCNC(=N)N)NC(=O)[C@H](Cc1ccc(O)cc1)NC(=O)[C@H](CCC(N)=O)NC(=O)[C@H](CC(N)=O)NC(=O)[C@@H](NC(=O)CNC(=O)[C@H](CCC(=O)O)NC(=O)[C@@H](NC(=O)[C@@H](N)CS)C(C)C)C(C)C)C(=O)N[C@@H](CS)C(=O)N1CCC[C@H]1C(=O)N1CCC[C@H]1C(=O)NCC(=O)N[C@@H](CCCNC(=N)N)C(=O)O. The van der Waals surface area contributed by atoms with Gasteiger partial charge in [-0.1, -0.05) is 60.1 Å². The van der Waals surface area contributed by atoms with Crippen LogP contribution in [0, 0.1) is 28.6 Å². The molecular formula is C74H120N24O22S3. The van der Waals surface area contributed by atoms with Crippen molar-refractivity contribution in [2.45, 2.75) is 222 Å². The molecule has 30 N–H and O–H groups in total. The lowest BCUT2D eigenvalue weighted by Gasteiger charge is -2.33. The maximum atomic E-state index is 14.9. The monoisotopic (exact) mass is 1790 g/mol. The number of aliphatic carboxylic acids is 2. The van der Waals surface area contributed by atoms with Crippen molar-refractivity contribution in [1.82, 2.24) is 89.6 Å². The van der Waals surface area contributed by atoms with Crippen molar-refractivity contribution in [1.29, 1.82) is 10.8 Å². The molecule has 1 aromatic carbocycles. The Balaban J connectivity index is 1.89. The number of guanidine groups is 2. The summed E-state index contributed by atoms with van der Waals surface area (Å²) in [6.07, 6.45) is -2.56. The standard InChI is InChI=1S/C74H120N24O22S3/c1-7-37(6)58(69(116)93-48(34-123)70(117)98-27-11-15-50(98)71(118)97-26-10-14-49(97)66(113)85-30-53(102)86-44(72(119)120)13-9-25-83-74(80)81)96-65(112)47(33-122)92-61(108)41(12-8-24-82-73(78)79)87-63(110)45(28-38-16-18-39(99)19-17-38)90-62(109)43(20-22-51(76)100)88-64(111)46(29-52(77)101)91-67(114)56(35(2)3)94-54(103)31-84-60(107)42(21-23-55(104)105)89-68(115)57(36(4)5)95-59(106)40(75)32-121/h16-19,35-37,40-50,56-58,99,121-123H,7-15,20-34,75H2,1-6H3,(H2,76,100)(H2,77,101)(H,84,107)(H,85,113)(H,86,102)(H,87,110)(H,88,111)(H,89,115)(H,90,109)(H,91,114)(H,92,108)(H,93,116)(H,94,103)(H,95,106)(H,96,112)(H,104,105)(H,119,120)(H4,78,79,82)(H4,80,81,83)/t37-,40-,41-,42-,43-,44-,45-,46-,47-,48-,49-,50-,56-,57-,58-/m0/s1. The molecule has 0 unspecified atom stereocenters. The summed E-state index contributed by atoms with van der Waals surface area (Å²) in [4.78, 5) is 261. The summed E-state index contributed by atoms with van der Waals surface area (Å²) in [6, 6.07) is -15.4. The highest BCUT2D eigenvalue weighted by molar-refractivity contribution is 7.80. The first kappa shape index (κ1) is 106. The van der Waals surface area contributed by atoms with Crippen LogP contribution in [0.1, 0.15) is 137 Å². The highest BCUT2D eigenvalue weighted by atomic mass is 32.1. The van der Waals surface area contributed by atoms with E-state index in [1.807, 2.05) is 0 Å². The van der Waals surface area contributed by atoms with E-state index in [0.29, 0.717) is 12.8 Å². The van der Waals surface area contributed by atoms with Gasteiger partial charge in [0.25, 0.3) is 0 Å². The van der Waals surface area contributed by atoms with Crippen molar-refractivity contribution in [2.75, 3.05) is 56.5 Å². The maximum Gasteiger partial charge on any atom is 0.326 e. The van der Waals surface area contributed by atoms with E-state index < -0.39 is 278 Å². The number of phenolic OH excluding ortho intramolecular Hbond substituents is 1. The van der Waals surface area contributed by atoms with E-state index in [0.717, 1.165) is 0 Å². The Kier molecular flexibility index (Phi) is 45.9. The number of aromatic hydroxyl groups is 1. The molecule has 0 radical (unpaired) electrons. The van der Waals surface area contributed by atoms with Gasteiger partial charge < -0.3 is 134 Å². The quantitative estimate of drug-likeness (QED) is 0.0125. The third kappa shape index (κ3) is 36.6. The van der Waals surface area contributed by atoms with E-state index in [9.17, 15) is 106 Å². The molecule has 123 heavy (non-hydrogen) atoms. The van der Waals surface area contributed by atoms with Gasteiger partial charge in [0.2, 0.25) is 100 Å². The molecule has 0 saturated carbocycles. The normalized spacial score (nSPS) is 16.7. The molecule has 0 aliphatic carbocycles. The number of nitrogens with zero attached hydrogens (tertiary/aromatic N) is 2. The molecular weight excluding hydrogens is 1670 g/mol. The smallest absolute Gasteiger partial charge is 0.326 e. The summed E-state index contributed by atoms with van der Waals surface area (Å²) in [5.41, 5.74) is 27.9. The summed E-state index contributed by atoms with van der Waals surface area (Å²) >= 11 is 12.7. The molecule has 2 heterocycles. The van der Waals surface area contributed by atoms with Crippen LogP contribution >= 0.6 is 37.9 Å². The van der Waals surface area contributed by atoms with Crippen molar-refractivity contribution < 1.29 is 106 Å². The number of likely N-dealkylation sites (tertiary alicyclic amines) is 2. The van der Waals surface area contributed by atoms with Gasteiger partial charge in [-0.15, -0.1) is 0 Å². The molecule has 0 aromatic heterocycles. The van der Waals surface area contributed by atoms with Gasteiger partial charge in [-0.05, 0) is 99.7 Å². The molecule has 49 heteroatoms. The van der Waals surface area contributed by atoms with Gasteiger partial charge in [-0.2, -0.15) is 37.9 Å². The van der Waals surface area contributed by atoms with Crippen molar-refractivity contribution in [3.05, 3.63) is 29.8 Å². The van der Waals surface area contributed by atoms with Crippen LogP contribution in [0.2, 0.25) is 0 Å². The van der Waals surface area contributed by atoms with Crippen LogP contribution in [0.25, 0.3) is 0 Å². The summed E-state index contributed by atoms with van der Waals surface area (Å²) in [5, 5.41) is 81.0. The second-order valence-corrected chi connectivity index (χ2v) is 31.3. The Morgan fingerprint density at radius 1 is 0.463 bits per heavy atom. The van der Waals surface area contributed by atoms with Crippen LogP contribution < -0.4 is 108 Å². The van der Waals surface area contributed by atoms with Gasteiger partial charge in [0.15, 0.2) is 11.9 Å². The fourth-order valence-electron chi connectivity index (χ4n) is 12.8. The first-order valence-corrected chi connectivity index (χ1v) is 41.8. The summed E-state index contributed by atoms with van der Waals surface area (Å²) in [6.45, 7) is 8.11. The number of phenols is 1. The molecule has 0 bridgehead atoms. The number of rotatable bonds is 54. The predicted molar refractivity (Wildman–Crippen MR) is 452 cm³/mol. The Morgan fingerprint density at radius 3 is 1.42 bits per heavy atom. The molecule has 3 rings (SSSR count). The van der Waals surface area contributed by atoms with Crippen LogP contribution in [0.15, 0.2) is 24.3 Å². The van der Waals surface area contributed by atoms with Gasteiger partial charge in [0.1, 0.15) is 84.3 Å². The highest BCUT2D eigenvalue weighted by Gasteiger charge is 2.45. The van der Waals surface area contributed by atoms with Crippen molar-refractivity contribution in [3.63, 3.8) is 0 Å². The van der Waals surface area contributed by atoms with Crippen molar-refractivity contribution in [2.24, 2.45) is 46.4 Å². The fourth-order valence-corrected chi connectivity index (χ4v) is 13.5. The Bertz CT molecular complexity index is 3930. The lowest BCUT2D eigenvalue weighted by Crippen LogP contribution is -2.62. The molecule has 2 aliphatic heterocycles. The summed E-state index contributed by atoms with van der Waals surface area (Å²) in [7, 11) is 0. The van der Waals surface area contributed by atoms with Gasteiger partial charge in [-0.3, -0.25) is 97.1 Å². The van der Waals surface area contributed by atoms with E-state index in [1.165, 1.54) is 47.9 Å². The third-order valence-corrected chi connectivity index (χ3v) is 21.0. The van der Waals surface area contributed by atoms with Gasteiger partial charge in [0.05, 0.1) is 25.6 Å². The van der Waals surface area contributed by atoms with E-state index in [1.54, 1.807) is 27.7 Å². The van der Waals surface area contributed by atoms with E-state index in [4.69, 9.17) is 39.5 Å². The number of carbonyl (C=O) groups excluding carboxylic acids is 17. The second kappa shape index (κ2) is 53.4. The minimum Gasteiger partial charge on any atom is -0.508 e. The lowest BCUT2D eigenvalue weighted by molar-refractivity contribution is -0.147. The Labute approximate surface area is 726 Å². The van der Waals surface area contributed by atoms with Crippen LogP contribution in [-0.4, -0.2) is 291 Å². The molecule has 1 aromatic rings. The number of primary amides is 2. The number of hydrogen-bond donors (Lipinski definition) is 28. The third-order valence-electron chi connectivity index (χ3n) is 19.8. The molecule has 15 atom stereocenters. The minimum atomic E-state index is -1.96. The van der Waals surface area contributed by atoms with Gasteiger partial charge in [0, 0.05) is 62.7 Å². The Hall–Kier alpha value is -11.5. The fraction of sp³-hybridized carbons (Fsp3) is 0.635. The van der Waals surface area contributed by atoms with Crippen molar-refractivity contribution >= 4 is 162 Å². The number of carbonyl (C=O) groups is 19. The number of nitrogens with two attached hydrogens (primary N) is 5. The number of amides is 17. The second-order valence-electron chi connectivity index (χ2n) is 30.2. The predicted octanol–water partition coefficient (Wildman–Crippen LogP) is -8.43. The molecule has 17 amide bonds. The molecule has 2 fully saturated rings. The molecule has 46 nitrogen and oxygen atoms in total. The molecule has 0 spiro atoms. The largest absolute Gasteiger partial charge is 0.508 e. The highest BCUT2D eigenvalue weighted by Crippen LogP contribution is 2.27. The summed E-state index contributed by atoms with van der Waals surface area (Å²) < 4.78 is 0. The first-order chi connectivity index (χ1) is 57.9. The zero-order valence-electron chi connectivity index (χ0n) is 69.3. The van der Waals surface area contributed by atoms with Crippen LogP contribution in [0.4, 0.5) is 0 Å². The van der Waals surface area contributed by atoms with Crippen LogP contribution in [-0.2, 0) is 97.5 Å². The van der Waals surface area contributed by atoms with Crippen LogP contribution in [0.3, 0.4) is 0 Å². The number of carboxylic acid groups (broad SMARTS) is 2. The number of thiol groups is 3. The average Bonchev–Trinajstić information content (AvgIpc) is 1.67. The molecule has 2 aliphatic rings. The zero-order valence-corrected chi connectivity index (χ0v) is 72.0. The Morgan fingerprint density at radius 2 is 0.902 bits per heavy atom. The van der Waals surface area contributed by atoms with Gasteiger partial charge >= 0.3 is 11.9 Å². The van der Waals surface area contributed by atoms with E-state index in [-0.39, 0.29) is 99.9 Å². The number of benzene rings is 1. The van der Waals surface area contributed by atoms with E-state index in [2.05, 4.69) is 118 Å².